The van der Waals surface area contributed by atoms with Crippen LogP contribution in [0, 0.1) is 0 Å². The lowest BCUT2D eigenvalue weighted by atomic mass is 9.98. The van der Waals surface area contributed by atoms with Crippen molar-refractivity contribution in [3.63, 3.8) is 0 Å². The molecule has 0 aliphatic carbocycles. The average molecular weight is 664 g/mol. The van der Waals surface area contributed by atoms with E-state index in [2.05, 4.69) is 15.3 Å². The quantitative estimate of drug-likeness (QED) is 0.104. The maximum atomic E-state index is 10.9. The van der Waals surface area contributed by atoms with Crippen LogP contribution in [-0.2, 0) is 25.4 Å². The Balaban J connectivity index is 1.14. The van der Waals surface area contributed by atoms with E-state index in [0.29, 0.717) is 17.9 Å². The molecule has 0 radical (unpaired) electrons. The highest BCUT2D eigenvalue weighted by Gasteiger charge is 2.48. The third-order valence-corrected chi connectivity index (χ3v) is 8.69. The Morgan fingerprint density at radius 3 is 2.38 bits per heavy atom. The molecular weight excluding hydrogens is 622 g/mol. The molecule has 0 saturated carbocycles. The molecular formula is C31H41N3O13. The van der Waals surface area contributed by atoms with Gasteiger partial charge in [0.2, 0.25) is 6.79 Å². The van der Waals surface area contributed by atoms with Gasteiger partial charge in [-0.05, 0) is 48.7 Å². The Morgan fingerprint density at radius 2 is 1.60 bits per heavy atom. The zero-order valence-electron chi connectivity index (χ0n) is 25.5. The molecule has 9 N–H and O–H groups in total. The van der Waals surface area contributed by atoms with E-state index < -0.39 is 80.7 Å². The first-order valence-corrected chi connectivity index (χ1v) is 15.4. The van der Waals surface area contributed by atoms with E-state index in [1.165, 1.54) is 0 Å². The van der Waals surface area contributed by atoms with Gasteiger partial charge in [0.1, 0.15) is 48.8 Å². The van der Waals surface area contributed by atoms with Gasteiger partial charge in [0.15, 0.2) is 24.1 Å². The van der Waals surface area contributed by atoms with E-state index in [1.54, 1.807) is 6.33 Å². The van der Waals surface area contributed by atoms with Gasteiger partial charge in [-0.25, -0.2) is 4.98 Å². The number of rotatable bonds is 12. The van der Waals surface area contributed by atoms with Gasteiger partial charge in [-0.15, -0.1) is 0 Å². The fourth-order valence-electron chi connectivity index (χ4n) is 5.92. The van der Waals surface area contributed by atoms with Gasteiger partial charge < -0.3 is 74.5 Å². The summed E-state index contributed by atoms with van der Waals surface area (Å²) in [4.78, 5) is 7.33. The molecule has 4 heterocycles. The highest BCUT2D eigenvalue weighted by molar-refractivity contribution is 5.75. The molecule has 2 saturated heterocycles. The van der Waals surface area contributed by atoms with Crippen molar-refractivity contribution in [3.8, 4) is 11.5 Å². The second-order valence-corrected chi connectivity index (χ2v) is 12.1. The molecule has 1 aromatic heterocycles. The van der Waals surface area contributed by atoms with Crippen molar-refractivity contribution >= 4 is 11.0 Å². The Morgan fingerprint density at radius 1 is 0.872 bits per heavy atom. The molecule has 2 aromatic carbocycles. The number of nitrogens with zero attached hydrogens (tertiary/aromatic N) is 1. The molecule has 2 fully saturated rings. The summed E-state index contributed by atoms with van der Waals surface area (Å²) in [6.07, 6.45) is -13.7. The van der Waals surface area contributed by atoms with Crippen molar-refractivity contribution in [2.45, 2.75) is 86.9 Å². The highest BCUT2D eigenvalue weighted by atomic mass is 16.7. The summed E-state index contributed by atoms with van der Waals surface area (Å²) in [5, 5.41) is 75.6. The first-order valence-electron chi connectivity index (χ1n) is 15.4. The Bertz CT molecular complexity index is 1480. The minimum atomic E-state index is -1.69. The van der Waals surface area contributed by atoms with Crippen LogP contribution in [0.5, 0.6) is 11.5 Å². The van der Waals surface area contributed by atoms with Crippen LogP contribution in [0.25, 0.3) is 11.0 Å². The molecule has 16 nitrogen and oxygen atoms in total. The molecule has 47 heavy (non-hydrogen) atoms. The van der Waals surface area contributed by atoms with Crippen LogP contribution < -0.4 is 14.8 Å². The number of aromatic nitrogens is 2. The summed E-state index contributed by atoms with van der Waals surface area (Å²) in [6.45, 7) is 1.35. The Hall–Kier alpha value is -2.97. The second-order valence-electron chi connectivity index (χ2n) is 12.1. The molecule has 3 aromatic rings. The highest BCUT2D eigenvalue weighted by Crippen LogP contribution is 2.33. The van der Waals surface area contributed by atoms with Crippen LogP contribution in [0.15, 0.2) is 42.7 Å². The molecule has 0 amide bonds. The first kappa shape index (κ1) is 33.9. The number of hydrogen-bond acceptors (Lipinski definition) is 15. The molecule has 16 heteroatoms. The molecule has 6 rings (SSSR count). The third kappa shape index (κ3) is 7.39. The lowest BCUT2D eigenvalue weighted by Crippen LogP contribution is -2.62. The number of ether oxygens (including phenoxy) is 6. The summed E-state index contributed by atoms with van der Waals surface area (Å²) in [5.74, 6) is 1.39. The van der Waals surface area contributed by atoms with Gasteiger partial charge in [-0.3, -0.25) is 0 Å². The van der Waals surface area contributed by atoms with E-state index in [-0.39, 0.29) is 19.4 Å². The predicted octanol–water partition coefficient (Wildman–Crippen LogP) is -1.81. The van der Waals surface area contributed by atoms with Gasteiger partial charge in [-0.1, -0.05) is 12.1 Å². The zero-order valence-corrected chi connectivity index (χ0v) is 25.5. The molecule has 0 spiro atoms. The zero-order chi connectivity index (χ0) is 33.2. The van der Waals surface area contributed by atoms with Gasteiger partial charge in [0, 0.05) is 12.6 Å². The fraction of sp³-hybridized carbons (Fsp3) is 0.581. The van der Waals surface area contributed by atoms with Crippen molar-refractivity contribution in [3.05, 3.63) is 53.9 Å². The molecule has 3 aliphatic heterocycles. The van der Waals surface area contributed by atoms with Crippen LogP contribution >= 0.6 is 0 Å². The largest absolute Gasteiger partial charge is 0.454 e. The number of H-pyrrole nitrogens is 1. The molecule has 3 aliphatic rings. The lowest BCUT2D eigenvalue weighted by molar-refractivity contribution is -0.336. The lowest BCUT2D eigenvalue weighted by Gasteiger charge is -2.43. The summed E-state index contributed by atoms with van der Waals surface area (Å²) >= 11 is 0. The summed E-state index contributed by atoms with van der Waals surface area (Å²) in [6, 6.07) is 11.3. The number of aliphatic hydroxyl groups is 7. The van der Waals surface area contributed by atoms with Gasteiger partial charge in [0.25, 0.3) is 0 Å². The number of aliphatic hydroxyl groups excluding tert-OH is 7. The number of imidazole rings is 1. The number of aromatic amines is 1. The van der Waals surface area contributed by atoms with E-state index >= 15 is 0 Å². The molecule has 258 valence electrons. The van der Waals surface area contributed by atoms with Crippen LogP contribution in [0.4, 0.5) is 0 Å². The van der Waals surface area contributed by atoms with Gasteiger partial charge in [0.05, 0.1) is 36.7 Å². The van der Waals surface area contributed by atoms with E-state index in [9.17, 15) is 35.7 Å². The average Bonchev–Trinajstić information content (AvgIpc) is 3.75. The topological polar surface area (TPSA) is 238 Å². The van der Waals surface area contributed by atoms with E-state index in [4.69, 9.17) is 28.4 Å². The third-order valence-electron chi connectivity index (χ3n) is 8.69. The van der Waals surface area contributed by atoms with Gasteiger partial charge in [-0.2, -0.15) is 0 Å². The van der Waals surface area contributed by atoms with E-state index in [0.717, 1.165) is 22.2 Å². The van der Waals surface area contributed by atoms with Crippen LogP contribution in [0.3, 0.4) is 0 Å². The minimum Gasteiger partial charge on any atom is -0.454 e. The monoisotopic (exact) mass is 663 g/mol. The SMILES string of the molecule is CC(Cc1ccc2c(c1)OCO2)NC[C@H](O[C@@H]1O[C@H](CO[C@@H]2O[C@H](CO)[C@@H](O)[C@H](O)[C@H]2O)[C@@H](O)[C@H](O)[C@H]1O)c1ccc2nc[nH]c2c1. The van der Waals surface area contributed by atoms with Crippen molar-refractivity contribution < 1.29 is 64.2 Å². The van der Waals surface area contributed by atoms with Crippen molar-refractivity contribution in [1.29, 1.82) is 0 Å². The van der Waals surface area contributed by atoms with Crippen molar-refractivity contribution in [2.75, 3.05) is 26.6 Å². The fourth-order valence-corrected chi connectivity index (χ4v) is 5.92. The first-order chi connectivity index (χ1) is 22.6. The number of nitrogens with one attached hydrogen (secondary N) is 2. The van der Waals surface area contributed by atoms with Crippen molar-refractivity contribution in [2.24, 2.45) is 0 Å². The van der Waals surface area contributed by atoms with Crippen LogP contribution in [-0.4, -0.2) is 140 Å². The maximum Gasteiger partial charge on any atom is 0.231 e. The molecule has 0 bridgehead atoms. The van der Waals surface area contributed by atoms with E-state index in [1.807, 2.05) is 43.3 Å². The maximum absolute atomic E-state index is 10.9. The standard InChI is InChI=1S/C31H41N3O13/c1-14(6-15-2-5-19-20(7-15)44-13-43-19)32-9-21(16-3-4-17-18(8-16)34-12-33-17)45-31-29(41)27(39)25(37)23(47-31)11-42-30-28(40)26(38)24(36)22(10-35)46-30/h2-5,7-8,12,14,21-32,35-41H,6,9-11,13H2,1H3,(H,33,34)/t14?,21-,22+,23+,24+,25+,26-,27-,28+,29+,30+,31+/m0/s1. The Kier molecular flexibility index (Phi) is 10.6. The summed E-state index contributed by atoms with van der Waals surface area (Å²) in [5.41, 5.74) is 3.26. The normalized spacial score (nSPS) is 33.6. The smallest absolute Gasteiger partial charge is 0.231 e. The van der Waals surface area contributed by atoms with Gasteiger partial charge >= 0.3 is 0 Å². The summed E-state index contributed by atoms with van der Waals surface area (Å²) < 4.78 is 34.0. The Labute approximate surface area is 269 Å². The molecule has 1 unspecified atom stereocenters. The minimum absolute atomic E-state index is 0.0262. The summed E-state index contributed by atoms with van der Waals surface area (Å²) in [7, 11) is 0. The number of fused-ring (bicyclic) bond motifs is 2. The van der Waals surface area contributed by atoms with Crippen molar-refractivity contribution in [1.82, 2.24) is 15.3 Å². The predicted molar refractivity (Wildman–Crippen MR) is 160 cm³/mol. The number of benzene rings is 2. The van der Waals surface area contributed by atoms with Crippen LogP contribution in [0.2, 0.25) is 0 Å². The number of hydrogen-bond donors (Lipinski definition) is 9. The van der Waals surface area contributed by atoms with Crippen LogP contribution in [0.1, 0.15) is 24.2 Å². The second kappa shape index (κ2) is 14.7. The molecule has 12 atom stereocenters.